The number of hydrogen-bond donors (Lipinski definition) is 2. The predicted molar refractivity (Wildman–Crippen MR) is 90.5 cm³/mol. The molecule has 1 aromatic heterocycles. The van der Waals surface area contributed by atoms with E-state index in [1.165, 1.54) is 12.8 Å². The number of amides is 1. The van der Waals surface area contributed by atoms with Crippen LogP contribution in [0, 0.1) is 5.92 Å². The summed E-state index contributed by atoms with van der Waals surface area (Å²) in [5.41, 5.74) is 0.837. The lowest BCUT2D eigenvalue weighted by Crippen LogP contribution is -2.39. The van der Waals surface area contributed by atoms with E-state index >= 15 is 0 Å². The molecule has 1 fully saturated rings. The third-order valence-electron chi connectivity index (χ3n) is 4.23. The molecule has 0 bridgehead atoms. The zero-order valence-corrected chi connectivity index (χ0v) is 13.6. The van der Waals surface area contributed by atoms with Crippen LogP contribution in [0.2, 0.25) is 0 Å². The summed E-state index contributed by atoms with van der Waals surface area (Å²) in [4.78, 5) is 12.3. The maximum atomic E-state index is 12.3. The summed E-state index contributed by atoms with van der Waals surface area (Å²) < 4.78 is 5.77. The molecule has 2 heterocycles. The Bertz CT molecular complexity index is 587. The molecule has 2 N–H and O–H groups in total. The topological polar surface area (TPSA) is 54.3 Å². The standard InChI is InChI=1S/C17H22N2O2.ClH/c1-12(16-9-14-6-2-3-7-15(14)21-16)17(20)19-11-13-5-4-8-18-10-13;/h2-3,6-7,9,12-13,18H,4-5,8,10-11H2,1H3,(H,19,20);1H. The third-order valence-corrected chi connectivity index (χ3v) is 4.23. The van der Waals surface area contributed by atoms with Gasteiger partial charge in [0.25, 0.3) is 0 Å². The van der Waals surface area contributed by atoms with E-state index in [0.717, 1.165) is 36.4 Å². The summed E-state index contributed by atoms with van der Waals surface area (Å²) >= 11 is 0. The van der Waals surface area contributed by atoms with Crippen LogP contribution in [0.4, 0.5) is 0 Å². The van der Waals surface area contributed by atoms with E-state index in [9.17, 15) is 4.79 Å². The minimum atomic E-state index is -0.256. The van der Waals surface area contributed by atoms with Crippen LogP contribution >= 0.6 is 12.4 Å². The number of nitrogens with one attached hydrogen (secondary N) is 2. The van der Waals surface area contributed by atoms with Crippen LogP contribution in [0.25, 0.3) is 11.0 Å². The quantitative estimate of drug-likeness (QED) is 0.909. The number of halogens is 1. The Balaban J connectivity index is 0.00000176. The molecule has 0 spiro atoms. The molecule has 1 aliphatic heterocycles. The maximum Gasteiger partial charge on any atom is 0.230 e. The molecular weight excluding hydrogens is 300 g/mol. The largest absolute Gasteiger partial charge is 0.460 e. The van der Waals surface area contributed by atoms with Gasteiger partial charge in [0.15, 0.2) is 0 Å². The van der Waals surface area contributed by atoms with E-state index in [1.807, 2.05) is 37.3 Å². The second kappa shape index (κ2) is 7.65. The number of carbonyl (C=O) groups is 1. The van der Waals surface area contributed by atoms with Gasteiger partial charge in [-0.15, -0.1) is 12.4 Å². The second-order valence-electron chi connectivity index (χ2n) is 5.87. The van der Waals surface area contributed by atoms with E-state index in [2.05, 4.69) is 10.6 Å². The van der Waals surface area contributed by atoms with E-state index in [4.69, 9.17) is 4.42 Å². The monoisotopic (exact) mass is 322 g/mol. The van der Waals surface area contributed by atoms with Gasteiger partial charge in [0.1, 0.15) is 11.3 Å². The van der Waals surface area contributed by atoms with Crippen molar-refractivity contribution in [2.45, 2.75) is 25.7 Å². The molecule has 0 aliphatic carbocycles. The summed E-state index contributed by atoms with van der Waals surface area (Å²) in [6.07, 6.45) is 2.38. The highest BCUT2D eigenvalue weighted by molar-refractivity contribution is 5.85. The Hall–Kier alpha value is -1.52. The predicted octanol–water partition coefficient (Wildman–Crippen LogP) is 3.07. The highest BCUT2D eigenvalue weighted by Gasteiger charge is 2.21. The van der Waals surface area contributed by atoms with Gasteiger partial charge in [-0.1, -0.05) is 18.2 Å². The zero-order chi connectivity index (χ0) is 14.7. The van der Waals surface area contributed by atoms with Gasteiger partial charge in [-0.3, -0.25) is 4.79 Å². The number of hydrogen-bond acceptors (Lipinski definition) is 3. The molecule has 0 saturated carbocycles. The van der Waals surface area contributed by atoms with Crippen LogP contribution < -0.4 is 10.6 Å². The molecule has 3 rings (SSSR count). The summed E-state index contributed by atoms with van der Waals surface area (Å²) in [5.74, 6) is 1.06. The average Bonchev–Trinajstić information content (AvgIpc) is 2.97. The first kappa shape index (κ1) is 16.8. The molecule has 4 nitrogen and oxygen atoms in total. The Labute approximate surface area is 137 Å². The Kier molecular flexibility index (Phi) is 5.86. The highest BCUT2D eigenvalue weighted by atomic mass is 35.5. The lowest BCUT2D eigenvalue weighted by molar-refractivity contribution is -0.122. The fourth-order valence-corrected chi connectivity index (χ4v) is 2.84. The molecule has 2 aromatic rings. The van der Waals surface area contributed by atoms with Crippen LogP contribution in [0.3, 0.4) is 0 Å². The maximum absolute atomic E-state index is 12.3. The van der Waals surface area contributed by atoms with Crippen molar-refractivity contribution in [2.24, 2.45) is 5.92 Å². The van der Waals surface area contributed by atoms with Gasteiger partial charge in [0.05, 0.1) is 5.92 Å². The summed E-state index contributed by atoms with van der Waals surface area (Å²) in [5, 5.41) is 7.47. The minimum absolute atomic E-state index is 0. The Morgan fingerprint density at radius 1 is 1.45 bits per heavy atom. The molecule has 0 radical (unpaired) electrons. The average molecular weight is 323 g/mol. The van der Waals surface area contributed by atoms with Gasteiger partial charge in [-0.25, -0.2) is 0 Å². The zero-order valence-electron chi connectivity index (χ0n) is 12.8. The van der Waals surface area contributed by atoms with Crippen LogP contribution in [-0.2, 0) is 4.79 Å². The molecule has 5 heteroatoms. The smallest absolute Gasteiger partial charge is 0.230 e. The lowest BCUT2D eigenvalue weighted by atomic mass is 9.99. The third kappa shape index (κ3) is 3.81. The molecule has 2 unspecified atom stereocenters. The highest BCUT2D eigenvalue weighted by Crippen LogP contribution is 2.25. The van der Waals surface area contributed by atoms with Crippen LogP contribution in [0.5, 0.6) is 0 Å². The van der Waals surface area contributed by atoms with Crippen LogP contribution in [0.1, 0.15) is 31.4 Å². The molecule has 1 aromatic carbocycles. The van der Waals surface area contributed by atoms with Crippen molar-refractivity contribution in [1.82, 2.24) is 10.6 Å². The number of para-hydroxylation sites is 1. The molecule has 1 aliphatic rings. The summed E-state index contributed by atoms with van der Waals surface area (Å²) in [7, 11) is 0. The van der Waals surface area contributed by atoms with Gasteiger partial charge in [0, 0.05) is 11.9 Å². The van der Waals surface area contributed by atoms with Crippen molar-refractivity contribution >= 4 is 29.3 Å². The van der Waals surface area contributed by atoms with Crippen molar-refractivity contribution in [3.8, 4) is 0 Å². The second-order valence-corrected chi connectivity index (χ2v) is 5.87. The van der Waals surface area contributed by atoms with E-state index in [1.54, 1.807) is 0 Å². The molecule has 2 atom stereocenters. The van der Waals surface area contributed by atoms with E-state index in [-0.39, 0.29) is 24.2 Å². The number of carbonyl (C=O) groups excluding carboxylic acids is 1. The number of furan rings is 1. The van der Waals surface area contributed by atoms with Gasteiger partial charge >= 0.3 is 0 Å². The number of rotatable bonds is 4. The lowest BCUT2D eigenvalue weighted by Gasteiger charge is -2.23. The normalized spacial score (nSPS) is 19.4. The van der Waals surface area contributed by atoms with Gasteiger partial charge in [-0.2, -0.15) is 0 Å². The Morgan fingerprint density at radius 2 is 2.27 bits per heavy atom. The fraction of sp³-hybridized carbons (Fsp3) is 0.471. The molecular formula is C17H23ClN2O2. The number of piperidine rings is 1. The summed E-state index contributed by atoms with van der Waals surface area (Å²) in [6, 6.07) is 9.80. The molecule has 1 saturated heterocycles. The van der Waals surface area contributed by atoms with Crippen molar-refractivity contribution < 1.29 is 9.21 Å². The van der Waals surface area contributed by atoms with Crippen LogP contribution in [0.15, 0.2) is 34.7 Å². The van der Waals surface area contributed by atoms with Crippen molar-refractivity contribution in [1.29, 1.82) is 0 Å². The van der Waals surface area contributed by atoms with Gasteiger partial charge in [0.2, 0.25) is 5.91 Å². The van der Waals surface area contributed by atoms with Crippen molar-refractivity contribution in [3.63, 3.8) is 0 Å². The minimum Gasteiger partial charge on any atom is -0.460 e. The first-order valence-corrected chi connectivity index (χ1v) is 7.71. The van der Waals surface area contributed by atoms with E-state index < -0.39 is 0 Å². The first-order chi connectivity index (χ1) is 10.2. The van der Waals surface area contributed by atoms with Gasteiger partial charge < -0.3 is 15.1 Å². The molecule has 22 heavy (non-hydrogen) atoms. The van der Waals surface area contributed by atoms with E-state index in [0.29, 0.717) is 5.92 Å². The van der Waals surface area contributed by atoms with Crippen molar-refractivity contribution in [3.05, 3.63) is 36.1 Å². The van der Waals surface area contributed by atoms with Crippen molar-refractivity contribution in [2.75, 3.05) is 19.6 Å². The fourth-order valence-electron chi connectivity index (χ4n) is 2.84. The van der Waals surface area contributed by atoms with Gasteiger partial charge in [-0.05, 0) is 50.9 Å². The van der Waals surface area contributed by atoms with Crippen LogP contribution in [-0.4, -0.2) is 25.5 Å². The Morgan fingerprint density at radius 3 is 3.00 bits per heavy atom. The summed E-state index contributed by atoms with van der Waals surface area (Å²) in [6.45, 7) is 4.74. The number of benzene rings is 1. The first-order valence-electron chi connectivity index (χ1n) is 7.71. The molecule has 120 valence electrons. The number of fused-ring (bicyclic) bond motifs is 1. The molecule has 1 amide bonds. The SMILES string of the molecule is CC(C(=O)NCC1CCCNC1)c1cc2ccccc2o1.Cl.